The normalized spacial score (nSPS) is 15.3. The summed E-state index contributed by atoms with van der Waals surface area (Å²) in [4.78, 5) is 22.7. The van der Waals surface area contributed by atoms with Crippen LogP contribution in [0.15, 0.2) is 24.3 Å². The van der Waals surface area contributed by atoms with Gasteiger partial charge in [0.05, 0.1) is 12.1 Å². The van der Waals surface area contributed by atoms with Gasteiger partial charge in [-0.2, -0.15) is 0 Å². The van der Waals surface area contributed by atoms with E-state index in [9.17, 15) is 9.59 Å². The average Bonchev–Trinajstić information content (AvgIpc) is 2.49. The van der Waals surface area contributed by atoms with Crippen molar-refractivity contribution in [2.24, 2.45) is 0 Å². The zero-order valence-corrected chi connectivity index (χ0v) is 15.2. The second-order valence-corrected chi connectivity index (χ2v) is 4.76. The van der Waals surface area contributed by atoms with Crippen LogP contribution in [0, 0.1) is 6.92 Å². The van der Waals surface area contributed by atoms with Crippen LogP contribution in [0.25, 0.3) is 0 Å². The van der Waals surface area contributed by atoms with Crippen molar-refractivity contribution in [3.8, 4) is 5.75 Å². The molecule has 0 bridgehead atoms. The SMILES string of the molecule is [CH2-]CN1CCCC(=O)N1CCOc1cccc(C(=O)O)c1.[W]. The van der Waals surface area contributed by atoms with Gasteiger partial charge in [0.2, 0.25) is 5.91 Å². The van der Waals surface area contributed by atoms with Crippen LogP contribution in [0.4, 0.5) is 0 Å². The predicted octanol–water partition coefficient (Wildman–Crippen LogP) is 1.43. The van der Waals surface area contributed by atoms with Crippen LogP contribution in [0.5, 0.6) is 5.75 Å². The molecule has 1 aliphatic rings. The molecule has 0 saturated carbocycles. The van der Waals surface area contributed by atoms with E-state index in [0.717, 1.165) is 13.0 Å². The van der Waals surface area contributed by atoms with E-state index in [-0.39, 0.29) is 32.5 Å². The van der Waals surface area contributed by atoms with Crippen molar-refractivity contribution in [1.29, 1.82) is 0 Å². The van der Waals surface area contributed by atoms with Crippen molar-refractivity contribution in [2.75, 3.05) is 26.2 Å². The van der Waals surface area contributed by atoms with Gasteiger partial charge in [-0.1, -0.05) is 6.07 Å². The first-order valence-corrected chi connectivity index (χ1v) is 6.92. The van der Waals surface area contributed by atoms with Crippen molar-refractivity contribution in [3.05, 3.63) is 36.8 Å². The third-order valence-corrected chi connectivity index (χ3v) is 3.35. The first-order chi connectivity index (χ1) is 10.1. The molecule has 0 spiro atoms. The molecule has 22 heavy (non-hydrogen) atoms. The van der Waals surface area contributed by atoms with Gasteiger partial charge in [0.25, 0.3) is 0 Å². The molecule has 1 saturated heterocycles. The number of benzene rings is 1. The number of carbonyl (C=O) groups is 2. The molecule has 0 aliphatic carbocycles. The van der Waals surface area contributed by atoms with Crippen molar-refractivity contribution in [1.82, 2.24) is 10.0 Å². The van der Waals surface area contributed by atoms with Crippen LogP contribution < -0.4 is 4.74 Å². The summed E-state index contributed by atoms with van der Waals surface area (Å²) in [7, 11) is 0. The number of amides is 1. The van der Waals surface area contributed by atoms with Crippen LogP contribution in [0.3, 0.4) is 0 Å². The summed E-state index contributed by atoms with van der Waals surface area (Å²) in [5, 5.41) is 12.5. The fourth-order valence-corrected chi connectivity index (χ4v) is 2.29. The van der Waals surface area contributed by atoms with Gasteiger partial charge in [-0.15, -0.1) is 6.54 Å². The first kappa shape index (κ1) is 18.7. The monoisotopic (exact) mass is 475 g/mol. The minimum absolute atomic E-state index is 0. The molecule has 1 heterocycles. The van der Waals surface area contributed by atoms with Gasteiger partial charge in [-0.3, -0.25) is 9.80 Å². The number of carboxylic acids is 1. The van der Waals surface area contributed by atoms with Crippen molar-refractivity contribution in [3.63, 3.8) is 0 Å². The Bertz CT molecular complexity index is 524. The molecule has 0 unspecified atom stereocenters. The van der Waals surface area contributed by atoms with E-state index < -0.39 is 5.97 Å². The Labute approximate surface area is 144 Å². The maximum absolute atomic E-state index is 11.9. The molecule has 6 nitrogen and oxygen atoms in total. The maximum Gasteiger partial charge on any atom is 0.335 e. The molecule has 2 rings (SSSR count). The fourth-order valence-electron chi connectivity index (χ4n) is 2.29. The smallest absolute Gasteiger partial charge is 0.335 e. The van der Waals surface area contributed by atoms with Crippen molar-refractivity contribution < 1.29 is 40.5 Å². The summed E-state index contributed by atoms with van der Waals surface area (Å²) in [6, 6.07) is 6.31. The van der Waals surface area contributed by atoms with Crippen LogP contribution in [-0.4, -0.2) is 53.2 Å². The molecule has 0 atom stereocenters. The number of hydrogen-bond acceptors (Lipinski definition) is 4. The molecule has 1 fully saturated rings. The second-order valence-electron chi connectivity index (χ2n) is 4.76. The van der Waals surface area contributed by atoms with E-state index in [1.165, 1.54) is 12.1 Å². The number of hydrazine groups is 1. The van der Waals surface area contributed by atoms with Gasteiger partial charge in [0.15, 0.2) is 0 Å². The molecule has 0 aromatic heterocycles. The van der Waals surface area contributed by atoms with Gasteiger partial charge in [0.1, 0.15) is 12.4 Å². The molecule has 1 aromatic rings. The second kappa shape index (κ2) is 8.91. The zero-order chi connectivity index (χ0) is 15.2. The van der Waals surface area contributed by atoms with Gasteiger partial charge in [-0.25, -0.2) is 9.80 Å². The van der Waals surface area contributed by atoms with Crippen LogP contribution in [0.1, 0.15) is 23.2 Å². The van der Waals surface area contributed by atoms with E-state index in [0.29, 0.717) is 31.9 Å². The number of rotatable bonds is 6. The Hall–Kier alpha value is -1.39. The Kier molecular flexibility index (Phi) is 7.55. The molecule has 1 amide bonds. The summed E-state index contributed by atoms with van der Waals surface area (Å²) >= 11 is 0. The van der Waals surface area contributed by atoms with Gasteiger partial charge in [-0.05, 0) is 24.6 Å². The van der Waals surface area contributed by atoms with E-state index in [4.69, 9.17) is 9.84 Å². The number of nitrogens with zero attached hydrogens (tertiary/aromatic N) is 2. The summed E-state index contributed by atoms with van der Waals surface area (Å²) in [5.74, 6) is -0.428. The fraction of sp³-hybridized carbons (Fsp3) is 0.400. The summed E-state index contributed by atoms with van der Waals surface area (Å²) in [6.45, 7) is 5.93. The first-order valence-electron chi connectivity index (χ1n) is 6.92. The summed E-state index contributed by atoms with van der Waals surface area (Å²) < 4.78 is 5.54. The quantitative estimate of drug-likeness (QED) is 0.631. The maximum atomic E-state index is 11.9. The Morgan fingerprint density at radius 2 is 2.18 bits per heavy atom. The third-order valence-electron chi connectivity index (χ3n) is 3.35. The minimum atomic E-state index is -0.991. The Balaban J connectivity index is 0.00000242. The van der Waals surface area contributed by atoms with Crippen LogP contribution in [-0.2, 0) is 25.9 Å². The van der Waals surface area contributed by atoms with Crippen molar-refractivity contribution in [2.45, 2.75) is 12.8 Å². The number of ether oxygens (including phenoxy) is 1. The molecule has 1 aliphatic heterocycles. The molecule has 1 N–H and O–H groups in total. The number of carbonyl (C=O) groups excluding carboxylic acids is 1. The molecular weight excluding hydrogens is 456 g/mol. The molecule has 7 heteroatoms. The number of hydrogen-bond donors (Lipinski definition) is 1. The topological polar surface area (TPSA) is 70.1 Å². The van der Waals surface area contributed by atoms with Gasteiger partial charge < -0.3 is 16.8 Å². The average molecular weight is 475 g/mol. The Morgan fingerprint density at radius 3 is 2.86 bits per heavy atom. The van der Waals surface area contributed by atoms with E-state index >= 15 is 0 Å². The van der Waals surface area contributed by atoms with Gasteiger partial charge >= 0.3 is 5.97 Å². The van der Waals surface area contributed by atoms with E-state index in [1.54, 1.807) is 17.1 Å². The van der Waals surface area contributed by atoms with Crippen LogP contribution in [0.2, 0.25) is 0 Å². The number of carboxylic acid groups (broad SMARTS) is 1. The summed E-state index contributed by atoms with van der Waals surface area (Å²) in [5.41, 5.74) is 0.181. The van der Waals surface area contributed by atoms with E-state index in [2.05, 4.69) is 6.92 Å². The molecule has 0 radical (unpaired) electrons. The van der Waals surface area contributed by atoms with Gasteiger partial charge in [0, 0.05) is 34.0 Å². The number of aromatic carboxylic acids is 1. The Morgan fingerprint density at radius 1 is 1.41 bits per heavy atom. The molecule has 120 valence electrons. The summed E-state index contributed by atoms with van der Waals surface area (Å²) in [6.07, 6.45) is 1.40. The van der Waals surface area contributed by atoms with Crippen LogP contribution >= 0.6 is 0 Å². The predicted molar refractivity (Wildman–Crippen MR) is 76.8 cm³/mol. The minimum Gasteiger partial charge on any atom is -0.492 e. The van der Waals surface area contributed by atoms with E-state index in [1.807, 2.05) is 5.01 Å². The third kappa shape index (κ3) is 4.82. The standard InChI is InChI=1S/C15H19N2O4.W/c1-2-16-8-4-7-14(18)17(16)9-10-21-13-6-3-5-12(11-13)15(19)20;/h3,5-6,11H,1-2,4,7-10H2,(H,19,20);/q-1;. The largest absolute Gasteiger partial charge is 0.492 e. The zero-order valence-electron chi connectivity index (χ0n) is 12.2. The molecule has 1 aromatic carbocycles. The van der Waals surface area contributed by atoms with Crippen molar-refractivity contribution >= 4 is 11.9 Å². The molecular formula is C15H19N2O4W-.